The molecule has 24 heavy (non-hydrogen) atoms. The first-order valence-electron chi connectivity index (χ1n) is 8.67. The van der Waals surface area contributed by atoms with Gasteiger partial charge in [-0.1, -0.05) is 13.8 Å². The monoisotopic (exact) mass is 335 g/mol. The van der Waals surface area contributed by atoms with Gasteiger partial charge in [-0.3, -0.25) is 4.79 Å². The maximum atomic E-state index is 12.8. The van der Waals surface area contributed by atoms with Crippen LogP contribution >= 0.6 is 0 Å². The Labute approximate surface area is 144 Å². The zero-order valence-electron chi connectivity index (χ0n) is 14.9. The van der Waals surface area contributed by atoms with Gasteiger partial charge in [-0.25, -0.2) is 9.97 Å². The molecule has 1 aromatic heterocycles. The van der Waals surface area contributed by atoms with Crippen molar-refractivity contribution in [3.05, 3.63) is 17.6 Å². The average molecular weight is 335 g/mol. The number of methoxy groups -OCH3 is 1. The van der Waals surface area contributed by atoms with Gasteiger partial charge in [0.15, 0.2) is 0 Å². The standard InChI is InChI=1S/C17H29N5O2/c1-12(2)15-20-11-14(16(21-15)19-7-4-10-24-3)17(23)22-8-5-13(18)6-9-22/h11-13H,4-10,18H2,1-3H3,(H,19,20,21). The first-order chi connectivity index (χ1) is 11.5. The third-order valence-corrected chi connectivity index (χ3v) is 4.20. The highest BCUT2D eigenvalue weighted by Gasteiger charge is 2.25. The van der Waals surface area contributed by atoms with Crippen LogP contribution in [0.4, 0.5) is 5.82 Å². The Balaban J connectivity index is 2.15. The highest BCUT2D eigenvalue weighted by molar-refractivity contribution is 5.98. The molecule has 2 rings (SSSR count). The van der Waals surface area contributed by atoms with Gasteiger partial charge in [0.25, 0.3) is 5.91 Å². The molecule has 0 aromatic carbocycles. The van der Waals surface area contributed by atoms with Crippen molar-refractivity contribution in [1.29, 1.82) is 0 Å². The lowest BCUT2D eigenvalue weighted by Crippen LogP contribution is -2.43. The van der Waals surface area contributed by atoms with E-state index in [1.54, 1.807) is 13.3 Å². The molecular formula is C17H29N5O2. The molecule has 134 valence electrons. The van der Waals surface area contributed by atoms with Crippen molar-refractivity contribution < 1.29 is 9.53 Å². The molecule has 0 saturated carbocycles. The van der Waals surface area contributed by atoms with Gasteiger partial charge in [0.2, 0.25) is 0 Å². The average Bonchev–Trinajstić information content (AvgIpc) is 2.58. The van der Waals surface area contributed by atoms with E-state index >= 15 is 0 Å². The maximum absolute atomic E-state index is 12.8. The van der Waals surface area contributed by atoms with E-state index in [2.05, 4.69) is 15.3 Å². The molecule has 7 nitrogen and oxygen atoms in total. The van der Waals surface area contributed by atoms with Gasteiger partial charge >= 0.3 is 0 Å². The number of amides is 1. The minimum atomic E-state index is -0.0218. The molecule has 1 aliphatic rings. The van der Waals surface area contributed by atoms with Gasteiger partial charge in [-0.05, 0) is 19.3 Å². The zero-order valence-corrected chi connectivity index (χ0v) is 14.9. The molecule has 0 aliphatic carbocycles. The van der Waals surface area contributed by atoms with Crippen LogP contribution in [0.2, 0.25) is 0 Å². The minimum Gasteiger partial charge on any atom is -0.385 e. The molecule has 3 N–H and O–H groups in total. The second kappa shape index (κ2) is 8.94. The van der Waals surface area contributed by atoms with E-state index in [1.165, 1.54) is 0 Å². The summed E-state index contributed by atoms with van der Waals surface area (Å²) in [6.45, 7) is 6.83. The lowest BCUT2D eigenvalue weighted by atomic mass is 10.1. The number of hydrogen-bond acceptors (Lipinski definition) is 6. The van der Waals surface area contributed by atoms with Crippen LogP contribution in [0.5, 0.6) is 0 Å². The van der Waals surface area contributed by atoms with Crippen molar-refractivity contribution in [3.63, 3.8) is 0 Å². The van der Waals surface area contributed by atoms with E-state index < -0.39 is 0 Å². The first-order valence-corrected chi connectivity index (χ1v) is 8.67. The number of nitrogens with zero attached hydrogens (tertiary/aromatic N) is 3. The van der Waals surface area contributed by atoms with Crippen LogP contribution in [0.25, 0.3) is 0 Å². The SMILES string of the molecule is COCCCNc1nc(C(C)C)ncc1C(=O)N1CCC(N)CC1. The van der Waals surface area contributed by atoms with Crippen molar-refractivity contribution in [1.82, 2.24) is 14.9 Å². The number of nitrogens with two attached hydrogens (primary N) is 1. The van der Waals surface area contributed by atoms with Gasteiger partial charge in [-0.15, -0.1) is 0 Å². The summed E-state index contributed by atoms with van der Waals surface area (Å²) < 4.78 is 5.06. The van der Waals surface area contributed by atoms with E-state index in [1.807, 2.05) is 18.7 Å². The fraction of sp³-hybridized carbons (Fsp3) is 0.706. The summed E-state index contributed by atoms with van der Waals surface area (Å²) in [5, 5.41) is 3.27. The number of carbonyl (C=O) groups is 1. The van der Waals surface area contributed by atoms with Crippen LogP contribution in [-0.4, -0.2) is 60.2 Å². The predicted molar refractivity (Wildman–Crippen MR) is 94.2 cm³/mol. The molecule has 0 atom stereocenters. The maximum Gasteiger partial charge on any atom is 0.259 e. The van der Waals surface area contributed by atoms with E-state index in [-0.39, 0.29) is 17.9 Å². The number of anilines is 1. The van der Waals surface area contributed by atoms with Crippen molar-refractivity contribution in [2.45, 2.75) is 45.1 Å². The molecule has 1 amide bonds. The van der Waals surface area contributed by atoms with Crippen molar-refractivity contribution in [3.8, 4) is 0 Å². The zero-order chi connectivity index (χ0) is 17.5. The Hall–Kier alpha value is -1.73. The van der Waals surface area contributed by atoms with Crippen molar-refractivity contribution in [2.24, 2.45) is 5.73 Å². The second-order valence-electron chi connectivity index (χ2n) is 6.55. The number of rotatable bonds is 7. The quantitative estimate of drug-likeness (QED) is 0.735. The molecule has 0 bridgehead atoms. The summed E-state index contributed by atoms with van der Waals surface area (Å²) >= 11 is 0. The smallest absolute Gasteiger partial charge is 0.259 e. The Morgan fingerprint density at radius 2 is 2.17 bits per heavy atom. The number of carbonyl (C=O) groups excluding carboxylic acids is 1. The molecule has 1 saturated heterocycles. The fourth-order valence-corrected chi connectivity index (χ4v) is 2.66. The van der Waals surface area contributed by atoms with Gasteiger partial charge < -0.3 is 20.7 Å². The summed E-state index contributed by atoms with van der Waals surface area (Å²) in [7, 11) is 1.68. The van der Waals surface area contributed by atoms with Gasteiger partial charge in [0.1, 0.15) is 17.2 Å². The Kier molecular flexibility index (Phi) is 6.93. The second-order valence-corrected chi connectivity index (χ2v) is 6.55. The molecule has 0 radical (unpaired) electrons. The summed E-state index contributed by atoms with van der Waals surface area (Å²) in [6, 6.07) is 0.195. The number of ether oxygens (including phenoxy) is 1. The summed E-state index contributed by atoms with van der Waals surface area (Å²) in [5.74, 6) is 1.54. The third-order valence-electron chi connectivity index (χ3n) is 4.20. The van der Waals surface area contributed by atoms with E-state index in [9.17, 15) is 4.79 Å². The summed E-state index contributed by atoms with van der Waals surface area (Å²) in [5.41, 5.74) is 6.46. The minimum absolute atomic E-state index is 0.0218. The number of hydrogen-bond donors (Lipinski definition) is 2. The van der Waals surface area contributed by atoms with E-state index in [0.29, 0.717) is 37.6 Å². The Morgan fingerprint density at radius 3 is 2.79 bits per heavy atom. The number of aromatic nitrogens is 2. The molecule has 7 heteroatoms. The normalized spacial score (nSPS) is 15.8. The number of likely N-dealkylation sites (tertiary alicyclic amines) is 1. The van der Waals surface area contributed by atoms with Gasteiger partial charge in [0, 0.05) is 51.5 Å². The predicted octanol–water partition coefficient (Wildman–Crippen LogP) is 1.61. The van der Waals surface area contributed by atoms with E-state index in [4.69, 9.17) is 10.5 Å². The summed E-state index contributed by atoms with van der Waals surface area (Å²) in [6.07, 6.45) is 4.18. The molecule has 1 aromatic rings. The largest absolute Gasteiger partial charge is 0.385 e. The molecule has 1 fully saturated rings. The van der Waals surface area contributed by atoms with Gasteiger partial charge in [-0.2, -0.15) is 0 Å². The first kappa shape index (κ1) is 18.6. The highest BCUT2D eigenvalue weighted by atomic mass is 16.5. The van der Waals surface area contributed by atoms with E-state index in [0.717, 1.165) is 25.1 Å². The van der Waals surface area contributed by atoms with Crippen LogP contribution in [0.15, 0.2) is 6.20 Å². The van der Waals surface area contributed by atoms with Crippen LogP contribution in [-0.2, 0) is 4.74 Å². The molecular weight excluding hydrogens is 306 g/mol. The Morgan fingerprint density at radius 1 is 1.46 bits per heavy atom. The van der Waals surface area contributed by atoms with Crippen LogP contribution in [0.3, 0.4) is 0 Å². The van der Waals surface area contributed by atoms with Crippen molar-refractivity contribution in [2.75, 3.05) is 38.7 Å². The molecule has 2 heterocycles. The van der Waals surface area contributed by atoms with Gasteiger partial charge in [0.05, 0.1) is 0 Å². The number of nitrogens with one attached hydrogen (secondary N) is 1. The lowest BCUT2D eigenvalue weighted by Gasteiger charge is -2.30. The Bertz CT molecular complexity index is 542. The van der Waals surface area contributed by atoms with Crippen molar-refractivity contribution >= 4 is 11.7 Å². The number of piperidine rings is 1. The van der Waals surface area contributed by atoms with Crippen LogP contribution in [0, 0.1) is 0 Å². The third kappa shape index (κ3) is 4.88. The highest BCUT2D eigenvalue weighted by Crippen LogP contribution is 2.20. The molecule has 1 aliphatic heterocycles. The fourth-order valence-electron chi connectivity index (χ4n) is 2.66. The topological polar surface area (TPSA) is 93.4 Å². The molecule has 0 unspecified atom stereocenters. The van der Waals surface area contributed by atoms with Crippen LogP contribution < -0.4 is 11.1 Å². The lowest BCUT2D eigenvalue weighted by molar-refractivity contribution is 0.0715. The molecule has 0 spiro atoms. The van der Waals surface area contributed by atoms with Crippen LogP contribution in [0.1, 0.15) is 55.2 Å². The summed E-state index contributed by atoms with van der Waals surface area (Å²) in [4.78, 5) is 23.6.